The molecule has 7 heteroatoms. The van der Waals surface area contributed by atoms with E-state index in [1.807, 2.05) is 0 Å². The van der Waals surface area contributed by atoms with E-state index in [-0.39, 0.29) is 35.7 Å². The van der Waals surface area contributed by atoms with E-state index in [9.17, 15) is 12.8 Å². The van der Waals surface area contributed by atoms with E-state index in [0.29, 0.717) is 0 Å². The molecule has 1 N–H and O–H groups in total. The van der Waals surface area contributed by atoms with E-state index in [2.05, 4.69) is 0 Å². The quantitative estimate of drug-likeness (QED) is 0.824. The number of methoxy groups -OCH3 is 1. The molecule has 0 unspecified atom stereocenters. The third-order valence-corrected chi connectivity index (χ3v) is 4.96. The first-order valence-corrected chi connectivity index (χ1v) is 7.71. The van der Waals surface area contributed by atoms with Gasteiger partial charge in [-0.2, -0.15) is 4.31 Å². The number of aliphatic hydroxyl groups excluding tert-OH is 1. The maximum atomic E-state index is 13.7. The summed E-state index contributed by atoms with van der Waals surface area (Å²) in [6.07, 6.45) is 0. The van der Waals surface area contributed by atoms with Crippen LogP contribution in [0.3, 0.4) is 0 Å². The first-order chi connectivity index (χ1) is 9.38. The zero-order valence-electron chi connectivity index (χ0n) is 11.9. The van der Waals surface area contributed by atoms with Crippen molar-refractivity contribution in [3.63, 3.8) is 0 Å². The number of hydrogen-bond acceptors (Lipinski definition) is 4. The molecule has 0 heterocycles. The summed E-state index contributed by atoms with van der Waals surface area (Å²) < 4.78 is 44.7. The van der Waals surface area contributed by atoms with E-state index >= 15 is 0 Å². The van der Waals surface area contributed by atoms with E-state index in [0.717, 1.165) is 0 Å². The van der Waals surface area contributed by atoms with Crippen LogP contribution in [0.25, 0.3) is 0 Å². The van der Waals surface area contributed by atoms with Crippen molar-refractivity contribution in [2.75, 3.05) is 26.8 Å². The van der Waals surface area contributed by atoms with Gasteiger partial charge in [0.1, 0.15) is 5.82 Å². The first kappa shape index (κ1) is 17.0. The highest BCUT2D eigenvalue weighted by Crippen LogP contribution is 2.22. The molecule has 0 spiro atoms. The van der Waals surface area contributed by atoms with Crippen LogP contribution in [-0.4, -0.2) is 44.6 Å². The molecule has 1 aromatic carbocycles. The molecule has 0 atom stereocenters. The van der Waals surface area contributed by atoms with Crippen LogP contribution >= 0.6 is 0 Å². The van der Waals surface area contributed by atoms with Crippen molar-refractivity contribution in [1.82, 2.24) is 4.31 Å². The zero-order chi connectivity index (χ0) is 15.3. The van der Waals surface area contributed by atoms with Gasteiger partial charge in [-0.25, -0.2) is 12.8 Å². The second-order valence-electron chi connectivity index (χ2n) is 4.36. The van der Waals surface area contributed by atoms with Crippen molar-refractivity contribution >= 4 is 10.0 Å². The third-order valence-electron chi connectivity index (χ3n) is 3.01. The summed E-state index contributed by atoms with van der Waals surface area (Å²) in [6.45, 7) is 3.44. The maximum Gasteiger partial charge on any atom is 0.243 e. The fourth-order valence-corrected chi connectivity index (χ4v) is 3.43. The van der Waals surface area contributed by atoms with Crippen LogP contribution in [0.1, 0.15) is 18.1 Å². The number of likely N-dealkylation sites (N-methyl/N-ethyl adjacent to an activating group) is 1. The molecule has 5 nitrogen and oxygen atoms in total. The number of rotatable bonds is 7. The molecule has 1 rings (SSSR count). The Morgan fingerprint density at radius 2 is 2.05 bits per heavy atom. The summed E-state index contributed by atoms with van der Waals surface area (Å²) >= 11 is 0. The Hall–Kier alpha value is -1.02. The first-order valence-electron chi connectivity index (χ1n) is 6.27. The lowest BCUT2D eigenvalue weighted by molar-refractivity contribution is 0.180. The number of benzene rings is 1. The minimum atomic E-state index is -3.72. The highest BCUT2D eigenvalue weighted by Gasteiger charge is 2.24. The SMILES string of the molecule is CCN(CCOC)S(=O)(=O)c1cc(C)c(F)c(CO)c1. The van der Waals surface area contributed by atoms with E-state index in [4.69, 9.17) is 9.84 Å². The second-order valence-corrected chi connectivity index (χ2v) is 6.30. The van der Waals surface area contributed by atoms with Gasteiger partial charge in [-0.05, 0) is 24.6 Å². The molecule has 20 heavy (non-hydrogen) atoms. The average Bonchev–Trinajstić information content (AvgIpc) is 2.42. The Labute approximate surface area is 119 Å². The van der Waals surface area contributed by atoms with Gasteiger partial charge in [0.2, 0.25) is 10.0 Å². The normalized spacial score (nSPS) is 12.1. The molecule has 1 aromatic rings. The highest BCUT2D eigenvalue weighted by atomic mass is 32.2. The van der Waals surface area contributed by atoms with Crippen molar-refractivity contribution in [3.8, 4) is 0 Å². The van der Waals surface area contributed by atoms with Crippen molar-refractivity contribution in [1.29, 1.82) is 0 Å². The molecule has 0 aliphatic heterocycles. The Kier molecular flexibility index (Phi) is 6.07. The fraction of sp³-hybridized carbons (Fsp3) is 0.538. The summed E-state index contributed by atoms with van der Waals surface area (Å²) in [4.78, 5) is -0.0154. The van der Waals surface area contributed by atoms with Gasteiger partial charge >= 0.3 is 0 Å². The highest BCUT2D eigenvalue weighted by molar-refractivity contribution is 7.89. The van der Waals surface area contributed by atoms with Gasteiger partial charge in [-0.3, -0.25) is 0 Å². The van der Waals surface area contributed by atoms with Crippen LogP contribution in [0.5, 0.6) is 0 Å². The third kappa shape index (κ3) is 3.54. The predicted octanol–water partition coefficient (Wildman–Crippen LogP) is 1.28. The summed E-state index contributed by atoms with van der Waals surface area (Å²) in [5, 5.41) is 9.10. The molecule has 114 valence electrons. The number of aryl methyl sites for hydroxylation is 1. The van der Waals surface area contributed by atoms with Crippen molar-refractivity contribution in [2.24, 2.45) is 0 Å². The lowest BCUT2D eigenvalue weighted by Gasteiger charge is -2.21. The largest absolute Gasteiger partial charge is 0.392 e. The number of halogens is 1. The van der Waals surface area contributed by atoms with Gasteiger partial charge < -0.3 is 9.84 Å². The molecule has 0 bridgehead atoms. The lowest BCUT2D eigenvalue weighted by Crippen LogP contribution is -2.33. The molecular formula is C13H20FNO4S. The maximum absolute atomic E-state index is 13.7. The van der Waals surface area contributed by atoms with Crippen molar-refractivity contribution in [3.05, 3.63) is 29.1 Å². The van der Waals surface area contributed by atoms with Crippen LogP contribution in [-0.2, 0) is 21.4 Å². The van der Waals surface area contributed by atoms with Gasteiger partial charge in [0.25, 0.3) is 0 Å². The Balaban J connectivity index is 3.23. The number of sulfonamides is 1. The Morgan fingerprint density at radius 1 is 1.40 bits per heavy atom. The fourth-order valence-electron chi connectivity index (χ4n) is 1.86. The van der Waals surface area contributed by atoms with Gasteiger partial charge in [-0.15, -0.1) is 0 Å². The number of nitrogens with zero attached hydrogens (tertiary/aromatic N) is 1. The molecule has 0 radical (unpaired) electrons. The molecule has 0 aliphatic carbocycles. The second kappa shape index (κ2) is 7.12. The monoisotopic (exact) mass is 305 g/mol. The van der Waals surface area contributed by atoms with Crippen LogP contribution in [0, 0.1) is 12.7 Å². The van der Waals surface area contributed by atoms with Crippen molar-refractivity contribution in [2.45, 2.75) is 25.3 Å². The van der Waals surface area contributed by atoms with Crippen molar-refractivity contribution < 1.29 is 22.7 Å². The summed E-state index contributed by atoms with van der Waals surface area (Å²) in [5.41, 5.74) is 0.171. The van der Waals surface area contributed by atoms with Crippen LogP contribution in [0.4, 0.5) is 4.39 Å². The van der Waals surface area contributed by atoms with Gasteiger partial charge in [0.05, 0.1) is 18.1 Å². The Morgan fingerprint density at radius 3 is 2.55 bits per heavy atom. The molecule has 0 amide bonds. The number of ether oxygens (including phenoxy) is 1. The minimum absolute atomic E-state index is 0.0154. The lowest BCUT2D eigenvalue weighted by atomic mass is 10.1. The van der Waals surface area contributed by atoms with Crippen LogP contribution in [0.2, 0.25) is 0 Å². The number of hydrogen-bond donors (Lipinski definition) is 1. The molecule has 0 aliphatic rings. The van der Waals surface area contributed by atoms with Gasteiger partial charge in [-0.1, -0.05) is 6.92 Å². The standard InChI is InChI=1S/C13H20FNO4S/c1-4-15(5-6-19-3)20(17,18)12-7-10(2)13(14)11(8-12)9-16/h7-8,16H,4-6,9H2,1-3H3. The van der Waals surface area contributed by atoms with Crippen LogP contribution in [0.15, 0.2) is 17.0 Å². The molecular weight excluding hydrogens is 285 g/mol. The Bertz CT molecular complexity index is 560. The molecule has 0 aromatic heterocycles. The smallest absolute Gasteiger partial charge is 0.243 e. The van der Waals surface area contributed by atoms with Gasteiger partial charge in [0, 0.05) is 25.8 Å². The average molecular weight is 305 g/mol. The zero-order valence-corrected chi connectivity index (χ0v) is 12.7. The topological polar surface area (TPSA) is 66.8 Å². The summed E-state index contributed by atoms with van der Waals surface area (Å²) in [6, 6.07) is 2.45. The molecule has 0 saturated heterocycles. The van der Waals surface area contributed by atoms with E-state index in [1.165, 1.54) is 30.5 Å². The van der Waals surface area contributed by atoms with E-state index < -0.39 is 22.4 Å². The summed E-state index contributed by atoms with van der Waals surface area (Å²) in [7, 11) is -2.23. The summed E-state index contributed by atoms with van der Waals surface area (Å²) in [5.74, 6) is -0.577. The van der Waals surface area contributed by atoms with Crippen LogP contribution < -0.4 is 0 Å². The number of aliphatic hydroxyl groups is 1. The molecule has 0 fully saturated rings. The predicted molar refractivity (Wildman–Crippen MR) is 73.4 cm³/mol. The van der Waals surface area contributed by atoms with E-state index in [1.54, 1.807) is 6.92 Å². The molecule has 0 saturated carbocycles. The van der Waals surface area contributed by atoms with Gasteiger partial charge in [0.15, 0.2) is 0 Å². The minimum Gasteiger partial charge on any atom is -0.392 e.